The van der Waals surface area contributed by atoms with Gasteiger partial charge in [-0.1, -0.05) is 50.2 Å². The van der Waals surface area contributed by atoms with Gasteiger partial charge < -0.3 is 19.2 Å². The summed E-state index contributed by atoms with van der Waals surface area (Å²) in [7, 11) is 0. The van der Waals surface area contributed by atoms with Crippen LogP contribution in [0.2, 0.25) is 0 Å². The molecule has 3 aromatic rings. The number of hydrogen-bond donors (Lipinski definition) is 1. The Morgan fingerprint density at radius 1 is 1.21 bits per heavy atom. The SMILES string of the molecule is Cc1cc(C(C(=O)N2CCCC2C(=O)NCc2ccc(-c3ocnc3C)cc2)C(C)(C)C)on1. The minimum absolute atomic E-state index is 0.0897. The highest BCUT2D eigenvalue weighted by molar-refractivity contribution is 5.91. The Hall–Kier alpha value is -3.42. The average Bonchev–Trinajstić information content (AvgIpc) is 3.53. The molecule has 1 saturated heterocycles. The van der Waals surface area contributed by atoms with Gasteiger partial charge in [-0.15, -0.1) is 0 Å². The zero-order chi connectivity index (χ0) is 24.5. The third kappa shape index (κ3) is 4.90. The third-order valence-corrected chi connectivity index (χ3v) is 6.31. The number of likely N-dealkylation sites (tertiary alicyclic amines) is 1. The second-order valence-electron chi connectivity index (χ2n) is 10.0. The minimum Gasteiger partial charge on any atom is -0.443 e. The number of rotatable bonds is 6. The summed E-state index contributed by atoms with van der Waals surface area (Å²) >= 11 is 0. The highest BCUT2D eigenvalue weighted by atomic mass is 16.5. The van der Waals surface area contributed by atoms with Gasteiger partial charge >= 0.3 is 0 Å². The predicted molar refractivity (Wildman–Crippen MR) is 127 cm³/mol. The Labute approximate surface area is 199 Å². The first kappa shape index (κ1) is 23.7. The monoisotopic (exact) mass is 464 g/mol. The first-order valence-electron chi connectivity index (χ1n) is 11.7. The number of nitrogens with zero attached hydrogens (tertiary/aromatic N) is 3. The fourth-order valence-electron chi connectivity index (χ4n) is 4.57. The molecule has 2 unspecified atom stereocenters. The largest absolute Gasteiger partial charge is 0.443 e. The Kier molecular flexibility index (Phi) is 6.59. The lowest BCUT2D eigenvalue weighted by Gasteiger charge is -2.33. The zero-order valence-electron chi connectivity index (χ0n) is 20.4. The molecule has 8 heteroatoms. The van der Waals surface area contributed by atoms with Gasteiger partial charge in [0.05, 0.1) is 11.4 Å². The Bertz CT molecular complexity index is 1160. The molecular weight excluding hydrogens is 432 g/mol. The van der Waals surface area contributed by atoms with Crippen molar-refractivity contribution < 1.29 is 18.5 Å². The molecule has 1 aliphatic rings. The number of nitrogens with one attached hydrogen (secondary N) is 1. The lowest BCUT2D eigenvalue weighted by Crippen LogP contribution is -2.48. The molecule has 180 valence electrons. The van der Waals surface area contributed by atoms with Gasteiger partial charge in [0.25, 0.3) is 0 Å². The molecule has 0 radical (unpaired) electrons. The van der Waals surface area contributed by atoms with Crippen LogP contribution >= 0.6 is 0 Å². The molecule has 1 N–H and O–H groups in total. The summed E-state index contributed by atoms with van der Waals surface area (Å²) in [6.07, 6.45) is 2.87. The smallest absolute Gasteiger partial charge is 0.243 e. The summed E-state index contributed by atoms with van der Waals surface area (Å²) < 4.78 is 10.9. The van der Waals surface area contributed by atoms with Crippen molar-refractivity contribution in [2.75, 3.05) is 6.54 Å². The van der Waals surface area contributed by atoms with Crippen molar-refractivity contribution >= 4 is 11.8 Å². The van der Waals surface area contributed by atoms with Crippen LogP contribution in [0.5, 0.6) is 0 Å². The van der Waals surface area contributed by atoms with Crippen LogP contribution in [0.15, 0.2) is 45.7 Å². The van der Waals surface area contributed by atoms with Crippen LogP contribution < -0.4 is 5.32 Å². The van der Waals surface area contributed by atoms with Crippen LogP contribution in [0.1, 0.15) is 62.2 Å². The van der Waals surface area contributed by atoms with Gasteiger partial charge in [-0.3, -0.25) is 9.59 Å². The van der Waals surface area contributed by atoms with E-state index < -0.39 is 12.0 Å². The first-order chi connectivity index (χ1) is 16.1. The lowest BCUT2D eigenvalue weighted by atomic mass is 9.78. The molecular formula is C26H32N4O4. The summed E-state index contributed by atoms with van der Waals surface area (Å²) in [6, 6.07) is 9.13. The summed E-state index contributed by atoms with van der Waals surface area (Å²) in [5.41, 5.74) is 3.10. The van der Waals surface area contributed by atoms with Crippen molar-refractivity contribution in [1.29, 1.82) is 0 Å². The standard InChI is InChI=1S/C26H32N4O4/c1-16-13-21(34-29-16)22(26(3,4)5)25(32)30-12-6-7-20(30)24(31)27-14-18-8-10-19(11-9-18)23-17(2)28-15-33-23/h8-11,13,15,20,22H,6-7,12,14H2,1-5H3,(H,27,31). The number of aromatic nitrogens is 2. The fraction of sp³-hybridized carbons (Fsp3) is 0.462. The zero-order valence-corrected chi connectivity index (χ0v) is 20.4. The van der Waals surface area contributed by atoms with Crippen molar-refractivity contribution in [3.05, 3.63) is 59.4 Å². The summed E-state index contributed by atoms with van der Waals surface area (Å²) in [5.74, 6) is 0.555. The first-order valence-corrected chi connectivity index (χ1v) is 11.7. The Morgan fingerprint density at radius 2 is 1.94 bits per heavy atom. The molecule has 2 atom stereocenters. The Morgan fingerprint density at radius 3 is 2.53 bits per heavy atom. The average molecular weight is 465 g/mol. The van der Waals surface area contributed by atoms with Crippen molar-refractivity contribution in [2.45, 2.75) is 66.0 Å². The molecule has 3 heterocycles. The minimum atomic E-state index is -0.505. The van der Waals surface area contributed by atoms with E-state index in [9.17, 15) is 9.59 Å². The van der Waals surface area contributed by atoms with E-state index in [2.05, 4.69) is 15.5 Å². The van der Waals surface area contributed by atoms with Gasteiger partial charge in [0, 0.05) is 24.7 Å². The molecule has 0 saturated carbocycles. The van der Waals surface area contributed by atoms with E-state index in [1.54, 1.807) is 4.90 Å². The lowest BCUT2D eigenvalue weighted by molar-refractivity contribution is -0.142. The van der Waals surface area contributed by atoms with E-state index in [4.69, 9.17) is 8.94 Å². The fourth-order valence-corrected chi connectivity index (χ4v) is 4.57. The quantitative estimate of drug-likeness (QED) is 0.581. The van der Waals surface area contributed by atoms with Crippen LogP contribution in [0.3, 0.4) is 0 Å². The molecule has 1 fully saturated rings. The van der Waals surface area contributed by atoms with E-state index in [0.29, 0.717) is 25.3 Å². The second-order valence-corrected chi connectivity index (χ2v) is 10.0. The Balaban J connectivity index is 1.43. The number of oxazole rings is 1. The van der Waals surface area contributed by atoms with Crippen LogP contribution in [0.25, 0.3) is 11.3 Å². The maximum Gasteiger partial charge on any atom is 0.243 e. The maximum absolute atomic E-state index is 13.6. The van der Waals surface area contributed by atoms with Gasteiger partial charge in [0.15, 0.2) is 12.2 Å². The van der Waals surface area contributed by atoms with Crippen LogP contribution in [-0.2, 0) is 16.1 Å². The molecule has 1 aliphatic heterocycles. The second kappa shape index (κ2) is 9.44. The van der Waals surface area contributed by atoms with Crippen LogP contribution in [0.4, 0.5) is 0 Å². The maximum atomic E-state index is 13.6. The molecule has 8 nitrogen and oxygen atoms in total. The number of aryl methyl sites for hydroxylation is 2. The molecule has 0 spiro atoms. The van der Waals surface area contributed by atoms with E-state index in [0.717, 1.165) is 34.7 Å². The van der Waals surface area contributed by atoms with Gasteiger partial charge in [-0.2, -0.15) is 0 Å². The summed E-state index contributed by atoms with van der Waals surface area (Å²) in [4.78, 5) is 32.5. The van der Waals surface area contributed by atoms with Crippen molar-refractivity contribution in [3.63, 3.8) is 0 Å². The van der Waals surface area contributed by atoms with Crippen LogP contribution in [0, 0.1) is 19.3 Å². The van der Waals surface area contributed by atoms with Gasteiger partial charge in [-0.25, -0.2) is 4.98 Å². The number of hydrogen-bond acceptors (Lipinski definition) is 6. The van der Waals surface area contributed by atoms with Crippen molar-refractivity contribution in [2.24, 2.45) is 5.41 Å². The predicted octanol–water partition coefficient (Wildman–Crippen LogP) is 4.38. The normalized spacial score (nSPS) is 17.1. The van der Waals surface area contributed by atoms with E-state index in [1.165, 1.54) is 6.39 Å². The van der Waals surface area contributed by atoms with E-state index in [1.807, 2.05) is 65.0 Å². The van der Waals surface area contributed by atoms with Crippen molar-refractivity contribution in [3.8, 4) is 11.3 Å². The summed E-state index contributed by atoms with van der Waals surface area (Å²) in [6.45, 7) is 10.7. The number of amides is 2. The molecule has 34 heavy (non-hydrogen) atoms. The van der Waals surface area contributed by atoms with E-state index in [-0.39, 0.29) is 17.2 Å². The topological polar surface area (TPSA) is 101 Å². The molecule has 0 bridgehead atoms. The molecule has 1 aromatic carbocycles. The van der Waals surface area contributed by atoms with Gasteiger partial charge in [0.2, 0.25) is 11.8 Å². The highest BCUT2D eigenvalue weighted by Crippen LogP contribution is 2.38. The van der Waals surface area contributed by atoms with Gasteiger partial charge in [-0.05, 0) is 37.7 Å². The van der Waals surface area contributed by atoms with Crippen LogP contribution in [-0.4, -0.2) is 39.4 Å². The summed E-state index contributed by atoms with van der Waals surface area (Å²) in [5, 5.41) is 6.98. The molecule has 0 aliphatic carbocycles. The van der Waals surface area contributed by atoms with E-state index >= 15 is 0 Å². The number of carbonyl (C=O) groups excluding carboxylic acids is 2. The third-order valence-electron chi connectivity index (χ3n) is 6.31. The molecule has 2 amide bonds. The number of carbonyl (C=O) groups is 2. The molecule has 4 rings (SSSR count). The van der Waals surface area contributed by atoms with Gasteiger partial charge in [0.1, 0.15) is 17.7 Å². The highest BCUT2D eigenvalue weighted by Gasteiger charge is 2.43. The number of benzene rings is 1. The van der Waals surface area contributed by atoms with Crippen molar-refractivity contribution in [1.82, 2.24) is 20.4 Å². The molecule has 2 aromatic heterocycles.